The molecule has 0 bridgehead atoms. The lowest BCUT2D eigenvalue weighted by molar-refractivity contribution is 0.209. The monoisotopic (exact) mass is 268 g/mol. The van der Waals surface area contributed by atoms with E-state index in [1.807, 2.05) is 0 Å². The smallest absolute Gasteiger partial charge is 0.151 e. The lowest BCUT2D eigenvalue weighted by Crippen LogP contribution is -2.31. The summed E-state index contributed by atoms with van der Waals surface area (Å²) in [6.07, 6.45) is 1.16. The Morgan fingerprint density at radius 2 is 2.00 bits per heavy atom. The molecule has 1 aromatic rings. The normalized spacial score (nSPS) is 11.7. The van der Waals surface area contributed by atoms with Crippen LogP contribution in [0.5, 0.6) is 0 Å². The van der Waals surface area contributed by atoms with E-state index in [4.69, 9.17) is 4.52 Å². The summed E-state index contributed by atoms with van der Waals surface area (Å²) in [7, 11) is 4.21. The largest absolute Gasteiger partial charge is 0.360 e. The Morgan fingerprint density at radius 1 is 1.21 bits per heavy atom. The van der Waals surface area contributed by atoms with Crippen LogP contribution in [0.4, 0.5) is 0 Å². The van der Waals surface area contributed by atoms with Gasteiger partial charge in [0.1, 0.15) is 0 Å². The highest BCUT2D eigenvalue weighted by Crippen LogP contribution is 2.08. The van der Waals surface area contributed by atoms with Gasteiger partial charge in [0, 0.05) is 25.7 Å². The van der Waals surface area contributed by atoms with Gasteiger partial charge < -0.3 is 14.7 Å². The first kappa shape index (κ1) is 16.1. The van der Waals surface area contributed by atoms with Crippen LogP contribution in [0.15, 0.2) is 10.6 Å². The van der Waals surface area contributed by atoms with Crippen LogP contribution in [0.1, 0.15) is 31.7 Å². The highest BCUT2D eigenvalue weighted by atomic mass is 16.5. The highest BCUT2D eigenvalue weighted by molar-refractivity contribution is 5.05. The average Bonchev–Trinajstić information content (AvgIpc) is 2.81. The van der Waals surface area contributed by atoms with Crippen molar-refractivity contribution < 1.29 is 4.52 Å². The van der Waals surface area contributed by atoms with Crippen molar-refractivity contribution in [2.24, 2.45) is 0 Å². The zero-order valence-corrected chi connectivity index (χ0v) is 12.8. The summed E-state index contributed by atoms with van der Waals surface area (Å²) in [5, 5.41) is 7.34. The number of rotatable bonds is 10. The maximum Gasteiger partial charge on any atom is 0.151 e. The molecule has 110 valence electrons. The van der Waals surface area contributed by atoms with Crippen LogP contribution >= 0.6 is 0 Å². The summed E-state index contributed by atoms with van der Waals surface area (Å²) in [4.78, 5) is 4.62. The van der Waals surface area contributed by atoms with E-state index >= 15 is 0 Å². The molecule has 1 aromatic heterocycles. The molecule has 5 heteroatoms. The number of nitrogens with one attached hydrogen (secondary N) is 1. The molecule has 0 aliphatic heterocycles. The van der Waals surface area contributed by atoms with Crippen molar-refractivity contribution in [3.05, 3.63) is 17.5 Å². The van der Waals surface area contributed by atoms with E-state index in [1.54, 1.807) is 0 Å². The maximum absolute atomic E-state index is 5.40. The molecule has 0 radical (unpaired) electrons. The van der Waals surface area contributed by atoms with Crippen molar-refractivity contribution in [3.63, 3.8) is 0 Å². The molecule has 0 aliphatic carbocycles. The molecule has 0 amide bonds. The zero-order chi connectivity index (χ0) is 14.1. The van der Waals surface area contributed by atoms with Crippen molar-refractivity contribution in [2.75, 3.05) is 40.3 Å². The lowest BCUT2D eigenvalue weighted by atomic mass is 10.3. The molecule has 1 heterocycles. The van der Waals surface area contributed by atoms with Crippen molar-refractivity contribution in [2.45, 2.75) is 33.4 Å². The molecule has 1 N–H and O–H groups in total. The molecule has 0 aliphatic rings. The van der Waals surface area contributed by atoms with Gasteiger partial charge in [-0.2, -0.15) is 0 Å². The van der Waals surface area contributed by atoms with Crippen LogP contribution in [0, 0.1) is 0 Å². The highest BCUT2D eigenvalue weighted by Gasteiger charge is 2.10. The summed E-state index contributed by atoms with van der Waals surface area (Å²) < 4.78 is 5.40. The lowest BCUT2D eigenvalue weighted by Gasteiger charge is -2.22. The fourth-order valence-electron chi connectivity index (χ4n) is 1.91. The van der Waals surface area contributed by atoms with Crippen molar-refractivity contribution in [3.8, 4) is 0 Å². The van der Waals surface area contributed by atoms with Gasteiger partial charge >= 0.3 is 0 Å². The van der Waals surface area contributed by atoms with Crippen LogP contribution in [0.3, 0.4) is 0 Å². The van der Waals surface area contributed by atoms with Gasteiger partial charge in [0.2, 0.25) is 0 Å². The minimum absolute atomic E-state index is 0.783. The maximum atomic E-state index is 5.40. The Morgan fingerprint density at radius 3 is 2.63 bits per heavy atom. The number of hydrogen-bond acceptors (Lipinski definition) is 5. The predicted molar refractivity (Wildman–Crippen MR) is 78.0 cm³/mol. The molecule has 1 rings (SSSR count). The van der Waals surface area contributed by atoms with Crippen LogP contribution in [-0.2, 0) is 13.1 Å². The third-order valence-corrected chi connectivity index (χ3v) is 2.95. The van der Waals surface area contributed by atoms with Crippen molar-refractivity contribution >= 4 is 0 Å². The molecular formula is C14H28N4O. The van der Waals surface area contributed by atoms with E-state index < -0.39 is 0 Å². The van der Waals surface area contributed by atoms with Crippen LogP contribution in [-0.4, -0.2) is 55.2 Å². The zero-order valence-electron chi connectivity index (χ0n) is 12.8. The second-order valence-electron chi connectivity index (χ2n) is 5.14. The predicted octanol–water partition coefficient (Wildman–Crippen LogP) is 1.56. The van der Waals surface area contributed by atoms with E-state index in [2.05, 4.69) is 54.3 Å². The van der Waals surface area contributed by atoms with E-state index in [1.165, 1.54) is 0 Å². The molecule has 5 nitrogen and oxygen atoms in total. The number of nitrogens with zero attached hydrogens (tertiary/aromatic N) is 3. The molecule has 0 atom stereocenters. The van der Waals surface area contributed by atoms with Gasteiger partial charge in [0.25, 0.3) is 0 Å². The third-order valence-electron chi connectivity index (χ3n) is 2.95. The fourth-order valence-corrected chi connectivity index (χ4v) is 1.91. The summed E-state index contributed by atoms with van der Waals surface area (Å²) >= 11 is 0. The number of likely N-dealkylation sites (N-methyl/N-ethyl adjacent to an activating group) is 1. The van der Waals surface area contributed by atoms with Gasteiger partial charge in [-0.3, -0.25) is 4.90 Å². The first-order chi connectivity index (χ1) is 9.15. The molecule has 19 heavy (non-hydrogen) atoms. The molecule has 0 saturated carbocycles. The Labute approximate surface area is 116 Å². The Hall–Kier alpha value is -0.910. The Kier molecular flexibility index (Phi) is 7.70. The van der Waals surface area contributed by atoms with Crippen molar-refractivity contribution in [1.82, 2.24) is 20.3 Å². The minimum Gasteiger partial charge on any atom is -0.360 e. The summed E-state index contributed by atoms with van der Waals surface area (Å²) in [6.45, 7) is 10.1. The molecule has 0 aromatic carbocycles. The molecule has 0 fully saturated rings. The topological polar surface area (TPSA) is 44.5 Å². The standard InChI is InChI=1S/C14H28N4O/c1-5-7-18(9-8-17(3)4)12-14-10-13(16-19-14)11-15-6-2/h10,15H,5-9,11-12H2,1-4H3. The molecule has 0 saturated heterocycles. The van der Waals surface area contributed by atoms with Gasteiger partial charge in [-0.1, -0.05) is 19.0 Å². The SMILES string of the molecule is CCCN(CCN(C)C)Cc1cc(CNCC)no1. The number of hydrogen-bond donors (Lipinski definition) is 1. The minimum atomic E-state index is 0.783. The first-order valence-corrected chi connectivity index (χ1v) is 7.18. The van der Waals surface area contributed by atoms with Gasteiger partial charge in [-0.25, -0.2) is 0 Å². The molecule has 0 unspecified atom stereocenters. The summed E-state index contributed by atoms with van der Waals surface area (Å²) in [5.74, 6) is 0.958. The summed E-state index contributed by atoms with van der Waals surface area (Å²) in [5.41, 5.74) is 0.987. The third kappa shape index (κ3) is 6.71. The fraction of sp³-hybridized carbons (Fsp3) is 0.786. The second-order valence-corrected chi connectivity index (χ2v) is 5.14. The van der Waals surface area contributed by atoms with Crippen LogP contribution < -0.4 is 5.32 Å². The van der Waals surface area contributed by atoms with E-state index in [0.29, 0.717) is 0 Å². The van der Waals surface area contributed by atoms with Gasteiger partial charge in [-0.05, 0) is 33.6 Å². The molecule has 0 spiro atoms. The molecular weight excluding hydrogens is 240 g/mol. The Bertz CT molecular complexity index is 338. The van der Waals surface area contributed by atoms with Crippen molar-refractivity contribution in [1.29, 1.82) is 0 Å². The van der Waals surface area contributed by atoms with Gasteiger partial charge in [0.15, 0.2) is 5.76 Å². The summed E-state index contributed by atoms with van der Waals surface area (Å²) in [6, 6.07) is 2.06. The Balaban J connectivity index is 2.45. The quantitative estimate of drug-likeness (QED) is 0.697. The van der Waals surface area contributed by atoms with Gasteiger partial charge in [0.05, 0.1) is 12.2 Å². The van der Waals surface area contributed by atoms with Gasteiger partial charge in [-0.15, -0.1) is 0 Å². The number of aromatic nitrogens is 1. The van der Waals surface area contributed by atoms with Crippen LogP contribution in [0.25, 0.3) is 0 Å². The van der Waals surface area contributed by atoms with Crippen LogP contribution in [0.2, 0.25) is 0 Å². The average molecular weight is 268 g/mol. The van der Waals surface area contributed by atoms with E-state index in [9.17, 15) is 0 Å². The van der Waals surface area contributed by atoms with E-state index in [-0.39, 0.29) is 0 Å². The van der Waals surface area contributed by atoms with E-state index in [0.717, 1.165) is 57.1 Å². The second kappa shape index (κ2) is 9.07. The first-order valence-electron chi connectivity index (χ1n) is 7.18.